The van der Waals surface area contributed by atoms with Crippen LogP contribution in [-0.4, -0.2) is 35.5 Å². The Hall–Kier alpha value is -1.47. The predicted octanol–water partition coefficient (Wildman–Crippen LogP) is 1.22. The van der Waals surface area contributed by atoms with Crippen LogP contribution in [0.3, 0.4) is 0 Å². The van der Waals surface area contributed by atoms with Gasteiger partial charge in [-0.3, -0.25) is 9.59 Å². The SMILES string of the molecule is NCCCC[C@H](N)C(=O)N[C@@]1(c2ccccc2Cl)CCC[C@H](O)C1=O. The third-order valence-corrected chi connectivity index (χ3v) is 5.06. The molecule has 1 aromatic rings. The minimum atomic E-state index is -1.33. The van der Waals surface area contributed by atoms with E-state index in [2.05, 4.69) is 5.32 Å². The standard InChI is InChI=1S/C18H26ClN3O3/c19-13-7-2-1-6-12(13)18(10-5-9-15(23)16(18)24)22-17(25)14(21)8-3-4-11-20/h1-2,6-7,14-15,23H,3-5,8-11,20-21H2,(H,22,25)/t14-,15-,18+/m0/s1. The molecule has 25 heavy (non-hydrogen) atoms. The minimum Gasteiger partial charge on any atom is -0.385 e. The summed E-state index contributed by atoms with van der Waals surface area (Å²) in [7, 11) is 0. The number of amides is 1. The lowest BCUT2D eigenvalue weighted by atomic mass is 9.74. The van der Waals surface area contributed by atoms with Crippen LogP contribution in [0.4, 0.5) is 0 Å². The number of Topliss-reactive ketones (excluding diaryl/α,β-unsaturated/α-hetero) is 1. The van der Waals surface area contributed by atoms with Gasteiger partial charge < -0.3 is 21.9 Å². The predicted molar refractivity (Wildman–Crippen MR) is 97.0 cm³/mol. The second-order valence-corrected chi connectivity index (χ2v) is 6.94. The highest BCUT2D eigenvalue weighted by Gasteiger charge is 2.48. The number of unbranched alkanes of at least 4 members (excludes halogenated alkanes) is 1. The third kappa shape index (κ3) is 4.39. The van der Waals surface area contributed by atoms with Crippen molar-refractivity contribution in [1.82, 2.24) is 5.32 Å². The number of carbonyl (C=O) groups is 2. The molecular formula is C18H26ClN3O3. The Kier molecular flexibility index (Phi) is 6.95. The van der Waals surface area contributed by atoms with Crippen molar-refractivity contribution in [2.45, 2.75) is 56.2 Å². The van der Waals surface area contributed by atoms with Crippen LogP contribution in [0.25, 0.3) is 0 Å². The molecule has 1 aliphatic carbocycles. The van der Waals surface area contributed by atoms with E-state index in [0.29, 0.717) is 42.8 Å². The van der Waals surface area contributed by atoms with Gasteiger partial charge in [0.2, 0.25) is 5.91 Å². The van der Waals surface area contributed by atoms with E-state index in [9.17, 15) is 14.7 Å². The van der Waals surface area contributed by atoms with E-state index in [4.69, 9.17) is 23.1 Å². The first-order valence-electron chi connectivity index (χ1n) is 8.67. The number of ketones is 1. The van der Waals surface area contributed by atoms with Gasteiger partial charge in [-0.2, -0.15) is 0 Å². The first-order valence-corrected chi connectivity index (χ1v) is 9.05. The van der Waals surface area contributed by atoms with Crippen LogP contribution in [0.2, 0.25) is 5.02 Å². The van der Waals surface area contributed by atoms with Crippen LogP contribution in [0.15, 0.2) is 24.3 Å². The summed E-state index contributed by atoms with van der Waals surface area (Å²) in [6.45, 7) is 0.544. The van der Waals surface area contributed by atoms with Gasteiger partial charge in [0.1, 0.15) is 11.6 Å². The zero-order valence-corrected chi connectivity index (χ0v) is 15.0. The fourth-order valence-corrected chi connectivity index (χ4v) is 3.61. The van der Waals surface area contributed by atoms with Crippen LogP contribution in [0, 0.1) is 0 Å². The molecule has 1 fully saturated rings. The first-order chi connectivity index (χ1) is 11.9. The molecule has 0 saturated heterocycles. The molecule has 138 valence electrons. The van der Waals surface area contributed by atoms with E-state index in [0.717, 1.165) is 12.8 Å². The Labute approximate surface area is 152 Å². The summed E-state index contributed by atoms with van der Waals surface area (Å²) in [5.41, 5.74) is 10.6. The maximum absolute atomic E-state index is 12.8. The molecule has 0 bridgehead atoms. The highest BCUT2D eigenvalue weighted by Crippen LogP contribution is 2.38. The number of aliphatic hydroxyl groups is 1. The Balaban J connectivity index is 2.29. The number of carbonyl (C=O) groups excluding carboxylic acids is 2. The largest absolute Gasteiger partial charge is 0.385 e. The van der Waals surface area contributed by atoms with Crippen LogP contribution in [0.5, 0.6) is 0 Å². The molecule has 6 nitrogen and oxygen atoms in total. The van der Waals surface area contributed by atoms with E-state index in [1.54, 1.807) is 24.3 Å². The lowest BCUT2D eigenvalue weighted by Crippen LogP contribution is -2.60. The second-order valence-electron chi connectivity index (χ2n) is 6.54. The fourth-order valence-electron chi connectivity index (χ4n) is 3.31. The van der Waals surface area contributed by atoms with Gasteiger partial charge in [0.05, 0.1) is 6.04 Å². The molecular weight excluding hydrogens is 342 g/mol. The van der Waals surface area contributed by atoms with E-state index >= 15 is 0 Å². The van der Waals surface area contributed by atoms with Gasteiger partial charge >= 0.3 is 0 Å². The van der Waals surface area contributed by atoms with Gasteiger partial charge in [0.25, 0.3) is 0 Å². The maximum atomic E-state index is 12.8. The van der Waals surface area contributed by atoms with Crippen molar-refractivity contribution >= 4 is 23.3 Å². The summed E-state index contributed by atoms with van der Waals surface area (Å²) in [5.74, 6) is -0.853. The number of hydrogen-bond acceptors (Lipinski definition) is 5. The van der Waals surface area contributed by atoms with Gasteiger partial charge in [-0.25, -0.2) is 0 Å². The average molecular weight is 368 g/mol. The second kappa shape index (κ2) is 8.76. The third-order valence-electron chi connectivity index (χ3n) is 4.73. The number of nitrogens with two attached hydrogens (primary N) is 2. The smallest absolute Gasteiger partial charge is 0.237 e. The Bertz CT molecular complexity index is 625. The summed E-state index contributed by atoms with van der Waals surface area (Å²) >= 11 is 6.30. The minimum absolute atomic E-state index is 0.377. The Morgan fingerprint density at radius 3 is 2.80 bits per heavy atom. The van der Waals surface area contributed by atoms with Crippen LogP contribution in [-0.2, 0) is 15.1 Å². The molecule has 2 rings (SSSR count). The van der Waals surface area contributed by atoms with Gasteiger partial charge in [-0.1, -0.05) is 36.2 Å². The number of hydrogen-bond donors (Lipinski definition) is 4. The van der Waals surface area contributed by atoms with Crippen LogP contribution in [0.1, 0.15) is 44.1 Å². The summed E-state index contributed by atoms with van der Waals surface area (Å²) in [4.78, 5) is 25.4. The number of aliphatic hydroxyl groups excluding tert-OH is 1. The lowest BCUT2D eigenvalue weighted by Gasteiger charge is -2.40. The lowest BCUT2D eigenvalue weighted by molar-refractivity contribution is -0.142. The summed E-state index contributed by atoms with van der Waals surface area (Å²) in [6, 6.07) is 6.14. The zero-order chi connectivity index (χ0) is 18.4. The van der Waals surface area contributed by atoms with Crippen molar-refractivity contribution in [1.29, 1.82) is 0 Å². The Morgan fingerprint density at radius 2 is 2.12 bits per heavy atom. The molecule has 3 atom stereocenters. The average Bonchev–Trinajstić information content (AvgIpc) is 2.59. The molecule has 1 aromatic carbocycles. The first kappa shape index (κ1) is 19.8. The van der Waals surface area contributed by atoms with Crippen molar-refractivity contribution in [2.75, 3.05) is 6.54 Å². The van der Waals surface area contributed by atoms with Gasteiger partial charge in [0.15, 0.2) is 5.78 Å². The van der Waals surface area contributed by atoms with Crippen molar-refractivity contribution in [3.63, 3.8) is 0 Å². The maximum Gasteiger partial charge on any atom is 0.237 e. The van der Waals surface area contributed by atoms with Gasteiger partial charge in [-0.15, -0.1) is 0 Å². The molecule has 7 heteroatoms. The van der Waals surface area contributed by atoms with Gasteiger partial charge in [0, 0.05) is 10.6 Å². The molecule has 0 aliphatic heterocycles. The molecule has 1 amide bonds. The van der Waals surface area contributed by atoms with E-state index in [1.807, 2.05) is 0 Å². The normalized spacial score (nSPS) is 24.8. The topological polar surface area (TPSA) is 118 Å². The van der Waals surface area contributed by atoms with Crippen molar-refractivity contribution in [3.05, 3.63) is 34.9 Å². The van der Waals surface area contributed by atoms with Crippen molar-refractivity contribution < 1.29 is 14.7 Å². The zero-order valence-electron chi connectivity index (χ0n) is 14.2. The summed E-state index contributed by atoms with van der Waals surface area (Å²) < 4.78 is 0. The molecule has 0 unspecified atom stereocenters. The number of benzene rings is 1. The molecule has 0 spiro atoms. The fraction of sp³-hybridized carbons (Fsp3) is 0.556. The van der Waals surface area contributed by atoms with E-state index in [1.165, 1.54) is 0 Å². The van der Waals surface area contributed by atoms with Gasteiger partial charge in [-0.05, 0) is 44.7 Å². The quantitative estimate of drug-likeness (QED) is 0.540. The molecule has 6 N–H and O–H groups in total. The number of nitrogens with one attached hydrogen (secondary N) is 1. The van der Waals surface area contributed by atoms with E-state index < -0.39 is 29.4 Å². The van der Waals surface area contributed by atoms with Crippen LogP contribution >= 0.6 is 11.6 Å². The molecule has 0 heterocycles. The van der Waals surface area contributed by atoms with Crippen molar-refractivity contribution in [3.8, 4) is 0 Å². The summed E-state index contributed by atoms with van der Waals surface area (Å²) in [5, 5.41) is 13.3. The highest BCUT2D eigenvalue weighted by molar-refractivity contribution is 6.31. The molecule has 1 saturated carbocycles. The Morgan fingerprint density at radius 1 is 1.40 bits per heavy atom. The van der Waals surface area contributed by atoms with Crippen LogP contribution < -0.4 is 16.8 Å². The summed E-state index contributed by atoms with van der Waals surface area (Å²) in [6.07, 6.45) is 2.24. The monoisotopic (exact) mass is 367 g/mol. The molecule has 1 aliphatic rings. The number of rotatable bonds is 7. The molecule has 0 radical (unpaired) electrons. The van der Waals surface area contributed by atoms with Crippen molar-refractivity contribution in [2.24, 2.45) is 11.5 Å². The van der Waals surface area contributed by atoms with E-state index in [-0.39, 0.29) is 0 Å². The molecule has 0 aromatic heterocycles. The highest BCUT2D eigenvalue weighted by atomic mass is 35.5. The number of halogens is 1.